The van der Waals surface area contributed by atoms with Gasteiger partial charge in [-0.25, -0.2) is 14.2 Å². The maximum atomic E-state index is 14.7. The molecule has 3 saturated heterocycles. The van der Waals surface area contributed by atoms with Crippen molar-refractivity contribution in [3.63, 3.8) is 0 Å². The van der Waals surface area contributed by atoms with Gasteiger partial charge in [0.25, 0.3) is 11.1 Å². The fourth-order valence-electron chi connectivity index (χ4n) is 9.76. The molecule has 8 rings (SSSR count). The van der Waals surface area contributed by atoms with Crippen molar-refractivity contribution in [2.45, 2.75) is 102 Å². The Morgan fingerprint density at radius 1 is 0.588 bits per heavy atom. The van der Waals surface area contributed by atoms with Crippen LogP contribution in [0.3, 0.4) is 0 Å². The molecule has 8 atom stereocenters. The van der Waals surface area contributed by atoms with Gasteiger partial charge in [-0.05, 0) is 160 Å². The van der Waals surface area contributed by atoms with E-state index in [0.717, 1.165) is 26.0 Å². The molecule has 0 radical (unpaired) electrons. The van der Waals surface area contributed by atoms with Crippen LogP contribution in [0.15, 0.2) is 92.2 Å². The molecular weight excluding hydrogens is 1470 g/mol. The van der Waals surface area contributed by atoms with Gasteiger partial charge < -0.3 is 37.9 Å². The van der Waals surface area contributed by atoms with Crippen molar-refractivity contribution in [3.05, 3.63) is 131 Å². The van der Waals surface area contributed by atoms with Crippen molar-refractivity contribution in [2.75, 3.05) is 19.8 Å². The lowest BCUT2D eigenvalue weighted by molar-refractivity contribution is -0.175. The number of aryl methyl sites for hydroxylation is 1. The van der Waals surface area contributed by atoms with E-state index < -0.39 is 111 Å². The highest BCUT2D eigenvalue weighted by Crippen LogP contribution is 2.58. The van der Waals surface area contributed by atoms with Gasteiger partial charge in [-0.2, -0.15) is 5.26 Å². The number of hydrogen-bond acceptors (Lipinski definition) is 19. The Bertz CT molecular complexity index is 6360. The first kappa shape index (κ1) is 83.1. The Morgan fingerprint density at radius 3 is 1.62 bits per heavy atom. The van der Waals surface area contributed by atoms with Gasteiger partial charge in [0.2, 0.25) is 0 Å². The fraction of sp³-hybridized carbons (Fsp3) is 0.211. The summed E-state index contributed by atoms with van der Waals surface area (Å²) in [7, 11) is -4.78. The normalized spacial score (nSPS) is 16.0. The van der Waals surface area contributed by atoms with Crippen molar-refractivity contribution >= 4 is 30.5 Å². The Labute approximate surface area is 655 Å². The average Bonchev–Trinajstić information content (AvgIpc) is 1.57. The predicted molar refractivity (Wildman–Crippen MR) is 411 cm³/mol. The molecule has 2 bridgehead atoms. The maximum Gasteiger partial charge on any atom is 0.475 e. The van der Waals surface area contributed by atoms with Crippen molar-refractivity contribution in [1.29, 1.82) is 5.26 Å². The molecule has 546 valence electrons. The molecule has 3 aliphatic rings. The molecule has 5 aromatic rings. The zero-order chi connectivity index (χ0) is 80.9. The van der Waals surface area contributed by atoms with E-state index in [1.807, 2.05) is 18.2 Å². The van der Waals surface area contributed by atoms with E-state index in [-0.39, 0.29) is 56.1 Å². The first-order valence-electron chi connectivity index (χ1n) is 33.0. The molecule has 2 aromatic heterocycles. The van der Waals surface area contributed by atoms with Crippen LogP contribution in [0.1, 0.15) is 68.2 Å². The number of nitrogens with zero attached hydrogens (tertiary/aromatic N) is 3. The summed E-state index contributed by atoms with van der Waals surface area (Å²) in [6, 6.07) is 18.6. The van der Waals surface area contributed by atoms with Crippen molar-refractivity contribution < 1.29 is 65.6 Å². The number of carbonyl (C=O) groups excluding carboxylic acids is 2. The van der Waals surface area contributed by atoms with Crippen LogP contribution in [0.4, 0.5) is 0 Å². The van der Waals surface area contributed by atoms with E-state index in [1.165, 1.54) is 25.4 Å². The largest absolute Gasteiger partial charge is 0.489 e. The third-order valence-electron chi connectivity index (χ3n) is 14.7. The molecule has 0 aliphatic carbocycles. The molecule has 24 heteroatoms. The summed E-state index contributed by atoms with van der Waals surface area (Å²) in [5.74, 6) is 98.3. The summed E-state index contributed by atoms with van der Waals surface area (Å²) in [6.07, 6.45) is 9.23. The van der Waals surface area contributed by atoms with E-state index in [4.69, 9.17) is 64.3 Å². The van der Waals surface area contributed by atoms with Crippen LogP contribution < -0.4 is 36.7 Å². The number of aromatic amines is 2. The van der Waals surface area contributed by atoms with Gasteiger partial charge >= 0.3 is 31.1 Å². The minimum atomic E-state index is -4.78. The Hall–Kier alpha value is -16.6. The number of nitriles is 1. The number of ether oxygens (including phenoxy) is 8. The smallest absolute Gasteiger partial charge is 0.475 e. The van der Waals surface area contributed by atoms with E-state index >= 15 is 0 Å². The van der Waals surface area contributed by atoms with Gasteiger partial charge in [-0.3, -0.25) is 51.9 Å². The topological polar surface area (TPSA) is 286 Å². The third kappa shape index (κ3) is 27.3. The highest BCUT2D eigenvalue weighted by atomic mass is 31.2. The van der Waals surface area contributed by atoms with Gasteiger partial charge in [-0.15, -0.1) is 12.8 Å². The summed E-state index contributed by atoms with van der Waals surface area (Å²) < 4.78 is 81.9. The summed E-state index contributed by atoms with van der Waals surface area (Å²) >= 11 is 0. The minimum Gasteiger partial charge on any atom is -0.489 e. The average molecular weight is 1520 g/mol. The number of carbonyl (C=O) groups is 2. The Morgan fingerprint density at radius 2 is 1.10 bits per heavy atom. The number of fused-ring (bicyclic) bond motifs is 3. The van der Waals surface area contributed by atoms with Crippen molar-refractivity contribution in [3.8, 4) is 285 Å². The molecule has 114 heavy (non-hydrogen) atoms. The number of H-pyrrole nitrogens is 2. The lowest BCUT2D eigenvalue weighted by Crippen LogP contribution is -2.41. The Balaban J connectivity index is 0.871. The number of esters is 2. The SMILES string of the molecule is C#CC#CC#CC#CC#CC#CC#CC#CC#CC#CC#COc1cc(COc2ccc3cc(COC(=O)CCC(=O)OC4C[C@H](n5cc(C)c(=O)[nH]c5=O)O[C@@H]4COP(=O)(OCCC#N)OC4[C@@H]5OC[C@]4(CC)O[C@H]5n4ccc(=O)[nH]c4=O)ccc3c2)cc(OC#CC#CC#CC#CC#CC#CC#CC#CC#CC#CC#C)c1. The third-order valence-corrected chi connectivity index (χ3v) is 16.2. The van der Waals surface area contributed by atoms with Crippen LogP contribution in [0, 0.1) is 280 Å². The van der Waals surface area contributed by atoms with E-state index in [0.29, 0.717) is 16.9 Å². The number of benzene rings is 3. The monoisotopic (exact) mass is 1520 g/mol. The van der Waals surface area contributed by atoms with E-state index in [9.17, 15) is 38.6 Å². The Kier molecular flexibility index (Phi) is 32.9. The number of nitrogens with one attached hydrogen (secondary N) is 2. The second-order valence-corrected chi connectivity index (χ2v) is 23.8. The fourth-order valence-corrected chi connectivity index (χ4v) is 11.2. The van der Waals surface area contributed by atoms with Gasteiger partial charge in [-0.1, -0.05) is 25.1 Å². The lowest BCUT2D eigenvalue weighted by atomic mass is 9.96. The summed E-state index contributed by atoms with van der Waals surface area (Å²) in [5, 5.41) is 10.9. The zero-order valence-corrected chi connectivity index (χ0v) is 60.6. The number of aromatic nitrogens is 4. The molecule has 2 N–H and O–H groups in total. The van der Waals surface area contributed by atoms with Gasteiger partial charge in [0.05, 0.1) is 45.2 Å². The van der Waals surface area contributed by atoms with Crippen molar-refractivity contribution in [2.24, 2.45) is 0 Å². The molecule has 3 fully saturated rings. The number of terminal acetylenes is 2. The standard InChI is InChI=1S/C90H48N5O18P/c1-5-8-10-12-14-16-18-20-22-24-26-28-30-32-34-36-38-40-42-44-56-103-76-60-72(61-77(63-76)104-57-45-43-41-39-37-35-33-31-29-27-25-23-21-19-17-15-13-11-9-6-2)67-105-75-50-49-73-59-71(47-48-74(73)62-75)66-106-82(97)51-52-83(98)111-78-64-81(95-65-70(4)86(99)93-89(95)101)110-79(78)68-109-114(102,108-58-46-54-91)113-85-84-87(112-90(85,7-3)69-107-84)94-55-53-80(96)92-88(94)100/h1-2,47-50,53,55,59-63,65,78-79,81,84-85,87H,7,46,51-52,58,64,66-69H2,3-4H3,(H,92,96,100)(H,93,99,101)/t78?,79-,81-,84+,85?,87-,90+,114?/m1/s1. The first-order valence-corrected chi connectivity index (χ1v) is 34.5. The number of rotatable bonds is 22. The molecule has 0 amide bonds. The summed E-state index contributed by atoms with van der Waals surface area (Å²) in [6.45, 7) is 1.90. The second kappa shape index (κ2) is 45.2. The van der Waals surface area contributed by atoms with E-state index in [2.05, 4.69) is 259 Å². The van der Waals surface area contributed by atoms with Crippen LogP contribution >= 0.6 is 7.82 Å². The minimum absolute atomic E-state index is 0.0163. The molecule has 23 nitrogen and oxygen atoms in total. The second-order valence-electron chi connectivity index (χ2n) is 22.2. The van der Waals surface area contributed by atoms with E-state index in [1.54, 1.807) is 43.3 Å². The predicted octanol–water partition coefficient (Wildman–Crippen LogP) is 4.37. The first-order chi connectivity index (χ1) is 55.6. The molecule has 3 unspecified atom stereocenters. The van der Waals surface area contributed by atoms with Crippen molar-refractivity contribution in [1.82, 2.24) is 19.1 Å². The molecule has 0 saturated carbocycles. The summed E-state index contributed by atoms with van der Waals surface area (Å²) in [4.78, 5) is 81.3. The molecule has 5 heterocycles. The number of phosphoric ester groups is 1. The lowest BCUT2D eigenvalue weighted by Gasteiger charge is -2.31. The zero-order valence-electron chi connectivity index (χ0n) is 59.8. The maximum absolute atomic E-state index is 14.7. The van der Waals surface area contributed by atoms with Gasteiger partial charge in [0.15, 0.2) is 6.23 Å². The highest BCUT2D eigenvalue weighted by molar-refractivity contribution is 7.48. The van der Waals surface area contributed by atoms with Crippen LogP contribution in [0.5, 0.6) is 17.2 Å². The van der Waals surface area contributed by atoms with Crippen LogP contribution in [0.25, 0.3) is 10.8 Å². The molecule has 3 aromatic carbocycles. The quantitative estimate of drug-likeness (QED) is 0.0421. The highest BCUT2D eigenvalue weighted by Gasteiger charge is 2.64. The molecular formula is C90H48N5O18P. The van der Waals surface area contributed by atoms with Gasteiger partial charge in [0.1, 0.15) is 78.9 Å². The number of hydrogen-bond donors (Lipinski definition) is 2. The van der Waals surface area contributed by atoms with Gasteiger partial charge in [0, 0.05) is 179 Å². The summed E-state index contributed by atoms with van der Waals surface area (Å²) in [5.41, 5.74) is -2.91. The molecule has 3 aliphatic heterocycles. The molecule has 0 spiro atoms. The van der Waals surface area contributed by atoms with Crippen LogP contribution in [-0.4, -0.2) is 80.9 Å². The number of phosphoric acid groups is 1. The van der Waals surface area contributed by atoms with Crippen LogP contribution in [0.2, 0.25) is 0 Å². The van der Waals surface area contributed by atoms with Crippen LogP contribution in [-0.2, 0) is 64.6 Å².